The van der Waals surface area contributed by atoms with Crippen LogP contribution in [-0.4, -0.2) is 38.1 Å². The zero-order valence-corrected chi connectivity index (χ0v) is 9.42. The van der Waals surface area contributed by atoms with E-state index in [0.717, 1.165) is 25.0 Å². The Morgan fingerprint density at radius 1 is 1.18 bits per heavy atom. The van der Waals surface area contributed by atoms with E-state index in [1.807, 2.05) is 0 Å². The third-order valence-electron chi connectivity index (χ3n) is 1.83. The van der Waals surface area contributed by atoms with Crippen LogP contribution in [0.25, 0.3) is 0 Å². The number of carboxylic acid groups (broad SMARTS) is 1. The highest BCUT2D eigenvalue weighted by atomic mass is 16.4. The van der Waals surface area contributed by atoms with E-state index in [1.54, 1.807) is 0 Å². The van der Waals surface area contributed by atoms with Crippen molar-refractivity contribution in [2.45, 2.75) is 19.8 Å². The highest BCUT2D eigenvalue weighted by Gasteiger charge is 2.11. The lowest BCUT2D eigenvalue weighted by Crippen LogP contribution is -1.95. The quantitative estimate of drug-likeness (QED) is 0.511. The van der Waals surface area contributed by atoms with Crippen molar-refractivity contribution in [1.29, 1.82) is 0 Å². The lowest BCUT2D eigenvalue weighted by atomic mass is 10.2. The molecule has 0 heterocycles. The summed E-state index contributed by atoms with van der Waals surface area (Å²) in [5, 5.41) is 43.0. The van der Waals surface area contributed by atoms with E-state index in [1.165, 1.54) is 0 Å². The van der Waals surface area contributed by atoms with Crippen molar-refractivity contribution in [3.05, 3.63) is 17.7 Å². The molecule has 0 spiro atoms. The second-order valence-electron chi connectivity index (χ2n) is 3.25. The van der Waals surface area contributed by atoms with E-state index in [0.29, 0.717) is 6.61 Å². The topological polar surface area (TPSA) is 118 Å². The van der Waals surface area contributed by atoms with Crippen LogP contribution in [0, 0.1) is 0 Å². The maximum absolute atomic E-state index is 10.3. The standard InChI is InChI=1S/C7H6O5.C4H10O/c8-4-1-3(7(11)12)2-5(9)6(4)10;1-2-3-4-5/h1-2,8-10H,(H,11,12);5H,2-4H2,1H3. The summed E-state index contributed by atoms with van der Waals surface area (Å²) in [4.78, 5) is 10.3. The number of phenols is 3. The Hall–Kier alpha value is -1.95. The van der Waals surface area contributed by atoms with Crippen LogP contribution in [0.3, 0.4) is 0 Å². The predicted octanol–water partition coefficient (Wildman–Crippen LogP) is 1.28. The normalized spacial score (nSPS) is 9.29. The number of aliphatic hydroxyl groups excluding tert-OH is 1. The minimum atomic E-state index is -1.29. The number of carbonyl (C=O) groups is 1. The van der Waals surface area contributed by atoms with Gasteiger partial charge in [-0.05, 0) is 18.6 Å². The van der Waals surface area contributed by atoms with Crippen LogP contribution in [0.5, 0.6) is 17.2 Å². The smallest absolute Gasteiger partial charge is 0.335 e. The molecule has 1 aromatic rings. The summed E-state index contributed by atoms with van der Waals surface area (Å²) in [6.07, 6.45) is 2.04. The van der Waals surface area contributed by atoms with Gasteiger partial charge in [0.2, 0.25) is 0 Å². The average Bonchev–Trinajstić information content (AvgIpc) is 2.27. The zero-order chi connectivity index (χ0) is 13.4. The molecule has 0 aliphatic carbocycles. The molecule has 0 bridgehead atoms. The van der Waals surface area contributed by atoms with Gasteiger partial charge in [-0.2, -0.15) is 0 Å². The molecule has 0 radical (unpaired) electrons. The molecule has 0 fully saturated rings. The van der Waals surface area contributed by atoms with Crippen LogP contribution in [0.2, 0.25) is 0 Å². The molecule has 1 rings (SSSR count). The Morgan fingerprint density at radius 2 is 1.65 bits per heavy atom. The number of phenolic OH excluding ortho intramolecular Hbond substituents is 3. The predicted molar refractivity (Wildman–Crippen MR) is 60.4 cm³/mol. The van der Waals surface area contributed by atoms with Gasteiger partial charge in [0.15, 0.2) is 17.2 Å². The first-order valence-corrected chi connectivity index (χ1v) is 5.03. The Morgan fingerprint density at radius 3 is 1.88 bits per heavy atom. The maximum Gasteiger partial charge on any atom is 0.335 e. The number of carboxylic acids is 1. The van der Waals surface area contributed by atoms with Gasteiger partial charge in [-0.15, -0.1) is 0 Å². The molecule has 0 saturated heterocycles. The van der Waals surface area contributed by atoms with Gasteiger partial charge in [0.1, 0.15) is 0 Å². The highest BCUT2D eigenvalue weighted by molar-refractivity contribution is 5.89. The van der Waals surface area contributed by atoms with Crippen LogP contribution < -0.4 is 0 Å². The molecule has 0 atom stereocenters. The Bertz CT molecular complexity index is 349. The first kappa shape index (κ1) is 15.0. The Balaban J connectivity index is 0.000000437. The van der Waals surface area contributed by atoms with Crippen LogP contribution >= 0.6 is 0 Å². The van der Waals surface area contributed by atoms with E-state index >= 15 is 0 Å². The fourth-order valence-electron chi connectivity index (χ4n) is 0.886. The zero-order valence-electron chi connectivity index (χ0n) is 9.42. The first-order valence-electron chi connectivity index (χ1n) is 5.03. The summed E-state index contributed by atoms with van der Waals surface area (Å²) in [5.41, 5.74) is -0.289. The van der Waals surface area contributed by atoms with Gasteiger partial charge in [-0.3, -0.25) is 0 Å². The van der Waals surface area contributed by atoms with Crippen LogP contribution in [0.1, 0.15) is 30.1 Å². The number of hydrogen-bond acceptors (Lipinski definition) is 5. The molecule has 0 aromatic heterocycles. The number of benzene rings is 1. The van der Waals surface area contributed by atoms with Crippen molar-refractivity contribution in [2.75, 3.05) is 6.61 Å². The number of aromatic hydroxyl groups is 3. The van der Waals surface area contributed by atoms with Gasteiger partial charge in [0.25, 0.3) is 0 Å². The van der Waals surface area contributed by atoms with E-state index in [9.17, 15) is 4.79 Å². The molecule has 6 heteroatoms. The first-order chi connectivity index (χ1) is 7.93. The second kappa shape index (κ2) is 7.34. The molecule has 5 N–H and O–H groups in total. The summed E-state index contributed by atoms with van der Waals surface area (Å²) in [6, 6.07) is 1.69. The van der Waals surface area contributed by atoms with Crippen LogP contribution in [0.4, 0.5) is 0 Å². The average molecular weight is 244 g/mol. The van der Waals surface area contributed by atoms with Crippen molar-refractivity contribution in [3.63, 3.8) is 0 Å². The molecule has 17 heavy (non-hydrogen) atoms. The van der Waals surface area contributed by atoms with Gasteiger partial charge >= 0.3 is 5.97 Å². The van der Waals surface area contributed by atoms with Gasteiger partial charge < -0.3 is 25.5 Å². The third-order valence-corrected chi connectivity index (χ3v) is 1.83. The number of aliphatic hydroxyl groups is 1. The number of aromatic carboxylic acids is 1. The SMILES string of the molecule is CCCCO.O=C(O)c1cc(O)c(O)c(O)c1. The summed E-state index contributed by atoms with van der Waals surface area (Å²) >= 11 is 0. The van der Waals surface area contributed by atoms with Crippen molar-refractivity contribution < 1.29 is 30.3 Å². The van der Waals surface area contributed by atoms with Gasteiger partial charge in [0, 0.05) is 6.61 Å². The molecule has 1 aromatic carbocycles. The van der Waals surface area contributed by atoms with Crippen molar-refractivity contribution >= 4 is 5.97 Å². The minimum Gasteiger partial charge on any atom is -0.504 e. The Labute approximate surface area is 98.4 Å². The molecule has 6 nitrogen and oxygen atoms in total. The highest BCUT2D eigenvalue weighted by Crippen LogP contribution is 2.35. The second-order valence-corrected chi connectivity index (χ2v) is 3.25. The van der Waals surface area contributed by atoms with Crippen molar-refractivity contribution in [1.82, 2.24) is 0 Å². The van der Waals surface area contributed by atoms with E-state index in [4.69, 9.17) is 25.5 Å². The van der Waals surface area contributed by atoms with Crippen molar-refractivity contribution in [3.8, 4) is 17.2 Å². The molecule has 0 aliphatic heterocycles. The third kappa shape index (κ3) is 5.07. The minimum absolute atomic E-state index is 0.289. The van der Waals surface area contributed by atoms with Gasteiger partial charge in [-0.25, -0.2) is 4.79 Å². The van der Waals surface area contributed by atoms with Gasteiger partial charge in [0.05, 0.1) is 5.56 Å². The lowest BCUT2D eigenvalue weighted by molar-refractivity contribution is 0.0696. The molecular formula is C11H16O6. The summed E-state index contributed by atoms with van der Waals surface area (Å²) in [5.74, 6) is -3.33. The molecule has 0 amide bonds. The monoisotopic (exact) mass is 244 g/mol. The maximum atomic E-state index is 10.3. The molecule has 0 saturated carbocycles. The van der Waals surface area contributed by atoms with Crippen LogP contribution in [-0.2, 0) is 0 Å². The van der Waals surface area contributed by atoms with Crippen LogP contribution in [0.15, 0.2) is 12.1 Å². The summed E-state index contributed by atoms with van der Waals surface area (Å²) in [6.45, 7) is 2.40. The van der Waals surface area contributed by atoms with E-state index < -0.39 is 23.2 Å². The van der Waals surface area contributed by atoms with E-state index in [-0.39, 0.29) is 5.56 Å². The summed E-state index contributed by atoms with van der Waals surface area (Å²) < 4.78 is 0. The van der Waals surface area contributed by atoms with E-state index in [2.05, 4.69) is 6.92 Å². The fraction of sp³-hybridized carbons (Fsp3) is 0.364. The summed E-state index contributed by atoms with van der Waals surface area (Å²) in [7, 11) is 0. The Kier molecular flexibility index (Phi) is 6.50. The largest absolute Gasteiger partial charge is 0.504 e. The molecular weight excluding hydrogens is 228 g/mol. The molecule has 96 valence electrons. The molecule has 0 aliphatic rings. The molecule has 0 unspecified atom stereocenters. The van der Waals surface area contributed by atoms with Crippen molar-refractivity contribution in [2.24, 2.45) is 0 Å². The van der Waals surface area contributed by atoms with Gasteiger partial charge in [-0.1, -0.05) is 13.3 Å². The number of rotatable bonds is 3. The number of hydrogen-bond donors (Lipinski definition) is 5. The number of unbranched alkanes of at least 4 members (excludes halogenated alkanes) is 1. The fourth-order valence-corrected chi connectivity index (χ4v) is 0.886. The lowest BCUT2D eigenvalue weighted by Gasteiger charge is -2.01.